The monoisotopic (exact) mass is 395 g/mol. The molecule has 3 nitrogen and oxygen atoms in total. The molecule has 1 unspecified atom stereocenters. The second-order valence-electron chi connectivity index (χ2n) is 5.50. The van der Waals surface area contributed by atoms with Crippen molar-refractivity contribution in [2.75, 3.05) is 6.54 Å². The molecule has 0 aliphatic heterocycles. The zero-order chi connectivity index (χ0) is 17.9. The van der Waals surface area contributed by atoms with E-state index in [0.717, 1.165) is 4.88 Å². The van der Waals surface area contributed by atoms with E-state index in [1.54, 1.807) is 6.07 Å². The van der Waals surface area contributed by atoms with Gasteiger partial charge in [0.2, 0.25) is 5.91 Å². The minimum Gasteiger partial charge on any atom is -0.378 e. The molecular weight excluding hydrogens is 381 g/mol. The number of thiophene rings is 2. The van der Waals surface area contributed by atoms with Gasteiger partial charge in [0.15, 0.2) is 0 Å². The lowest BCUT2D eigenvalue weighted by molar-refractivity contribution is -0.121. The third-order valence-corrected chi connectivity index (χ3v) is 5.93. The summed E-state index contributed by atoms with van der Waals surface area (Å²) < 4.78 is 13.8. The molecule has 0 bridgehead atoms. The molecule has 0 spiro atoms. The van der Waals surface area contributed by atoms with Gasteiger partial charge in [0.05, 0.1) is 13.0 Å². The highest BCUT2D eigenvalue weighted by Crippen LogP contribution is 2.33. The lowest BCUT2D eigenvalue weighted by Crippen LogP contribution is -2.41. The molecule has 1 atom stereocenters. The Hall–Kier alpha value is -1.73. The molecular formula is C18H15ClFNO2S2. The summed E-state index contributed by atoms with van der Waals surface area (Å²) in [4.78, 5) is 13.0. The van der Waals surface area contributed by atoms with E-state index < -0.39 is 17.3 Å². The third kappa shape index (κ3) is 3.93. The third-order valence-electron chi connectivity index (χ3n) is 3.87. The van der Waals surface area contributed by atoms with E-state index in [9.17, 15) is 14.3 Å². The van der Waals surface area contributed by atoms with Gasteiger partial charge in [-0.25, -0.2) is 4.39 Å². The smallest absolute Gasteiger partial charge is 0.224 e. The van der Waals surface area contributed by atoms with Crippen LogP contribution in [0.25, 0.3) is 0 Å². The van der Waals surface area contributed by atoms with E-state index >= 15 is 0 Å². The summed E-state index contributed by atoms with van der Waals surface area (Å²) in [5.74, 6) is -0.925. The molecule has 3 rings (SSSR count). The van der Waals surface area contributed by atoms with Crippen LogP contribution >= 0.6 is 34.3 Å². The topological polar surface area (TPSA) is 49.3 Å². The van der Waals surface area contributed by atoms with Crippen LogP contribution in [-0.2, 0) is 16.8 Å². The van der Waals surface area contributed by atoms with Crippen molar-refractivity contribution in [3.05, 3.63) is 79.4 Å². The first-order valence-electron chi connectivity index (χ1n) is 7.49. The fraction of sp³-hybridized carbons (Fsp3) is 0.167. The number of hydrogen-bond donors (Lipinski definition) is 2. The number of carbonyl (C=O) groups excluding carboxylic acids is 1. The van der Waals surface area contributed by atoms with Gasteiger partial charge in [0, 0.05) is 21.0 Å². The van der Waals surface area contributed by atoms with Crippen LogP contribution in [0.5, 0.6) is 0 Å². The lowest BCUT2D eigenvalue weighted by Gasteiger charge is -2.27. The Labute approximate surface area is 157 Å². The Balaban J connectivity index is 1.75. The summed E-state index contributed by atoms with van der Waals surface area (Å²) in [5.41, 5.74) is -0.455. The van der Waals surface area contributed by atoms with Gasteiger partial charge in [-0.1, -0.05) is 23.7 Å². The van der Waals surface area contributed by atoms with Gasteiger partial charge in [0.1, 0.15) is 11.4 Å². The van der Waals surface area contributed by atoms with E-state index in [1.165, 1.54) is 34.8 Å². The number of halogens is 2. The molecule has 1 aromatic carbocycles. The van der Waals surface area contributed by atoms with Gasteiger partial charge < -0.3 is 10.4 Å². The first kappa shape index (κ1) is 18.1. The minimum atomic E-state index is -1.32. The zero-order valence-corrected chi connectivity index (χ0v) is 15.4. The second-order valence-corrected chi connectivity index (χ2v) is 7.64. The number of carbonyl (C=O) groups is 1. The van der Waals surface area contributed by atoms with Crippen molar-refractivity contribution in [2.45, 2.75) is 12.0 Å². The molecule has 0 saturated carbocycles. The van der Waals surface area contributed by atoms with Crippen LogP contribution in [0, 0.1) is 5.82 Å². The number of rotatable bonds is 6. The molecule has 0 aliphatic rings. The minimum absolute atomic E-state index is 0.00481. The maximum absolute atomic E-state index is 13.8. The van der Waals surface area contributed by atoms with Crippen LogP contribution in [0.15, 0.2) is 52.5 Å². The summed E-state index contributed by atoms with van der Waals surface area (Å²) in [6.45, 7) is -0.00481. The molecule has 25 heavy (non-hydrogen) atoms. The van der Waals surface area contributed by atoms with Gasteiger partial charge >= 0.3 is 0 Å². The van der Waals surface area contributed by atoms with Crippen molar-refractivity contribution < 1.29 is 14.3 Å². The van der Waals surface area contributed by atoms with Crippen molar-refractivity contribution in [3.8, 4) is 0 Å². The van der Waals surface area contributed by atoms with Crippen LogP contribution < -0.4 is 5.32 Å². The van der Waals surface area contributed by atoms with Crippen LogP contribution in [0.3, 0.4) is 0 Å². The Morgan fingerprint density at radius 1 is 1.24 bits per heavy atom. The van der Waals surface area contributed by atoms with Gasteiger partial charge in [-0.15, -0.1) is 11.3 Å². The van der Waals surface area contributed by atoms with Gasteiger partial charge in [-0.05, 0) is 40.4 Å². The number of aliphatic hydroxyl groups is 1. The Morgan fingerprint density at radius 2 is 2.08 bits per heavy atom. The summed E-state index contributed by atoms with van der Waals surface area (Å²) in [6.07, 6.45) is -0.185. The normalized spacial score (nSPS) is 13.4. The van der Waals surface area contributed by atoms with E-state index in [0.29, 0.717) is 5.56 Å². The van der Waals surface area contributed by atoms with Gasteiger partial charge in [-0.2, -0.15) is 11.3 Å². The summed E-state index contributed by atoms with van der Waals surface area (Å²) in [6, 6.07) is 9.79. The number of nitrogens with one attached hydrogen (secondary N) is 1. The molecule has 0 aliphatic carbocycles. The quantitative estimate of drug-likeness (QED) is 0.657. The van der Waals surface area contributed by atoms with Gasteiger partial charge in [-0.3, -0.25) is 4.79 Å². The highest BCUT2D eigenvalue weighted by molar-refractivity contribution is 7.10. The first-order chi connectivity index (χ1) is 12.0. The van der Waals surface area contributed by atoms with Crippen molar-refractivity contribution in [1.29, 1.82) is 0 Å². The van der Waals surface area contributed by atoms with Crippen molar-refractivity contribution in [3.63, 3.8) is 0 Å². The largest absolute Gasteiger partial charge is 0.378 e. The molecule has 0 fully saturated rings. The van der Waals surface area contributed by atoms with E-state index in [1.807, 2.05) is 34.3 Å². The number of amides is 1. The molecule has 130 valence electrons. The molecule has 1 amide bonds. The summed E-state index contributed by atoms with van der Waals surface area (Å²) in [5, 5.41) is 19.7. The Kier molecular flexibility index (Phi) is 5.54. The van der Waals surface area contributed by atoms with Crippen molar-refractivity contribution in [1.82, 2.24) is 5.32 Å². The molecule has 0 saturated heterocycles. The number of hydrogen-bond acceptors (Lipinski definition) is 4. The predicted molar refractivity (Wildman–Crippen MR) is 99.8 cm³/mol. The van der Waals surface area contributed by atoms with Crippen LogP contribution in [0.4, 0.5) is 4.39 Å². The summed E-state index contributed by atoms with van der Waals surface area (Å²) >= 11 is 8.84. The first-order valence-corrected chi connectivity index (χ1v) is 9.69. The summed E-state index contributed by atoms with van der Waals surface area (Å²) in [7, 11) is 0. The van der Waals surface area contributed by atoms with Gasteiger partial charge in [0.25, 0.3) is 0 Å². The van der Waals surface area contributed by atoms with Crippen LogP contribution in [-0.4, -0.2) is 17.6 Å². The number of benzene rings is 1. The van der Waals surface area contributed by atoms with E-state index in [2.05, 4.69) is 5.32 Å². The predicted octanol–water partition coefficient (Wildman–Crippen LogP) is 4.20. The van der Waals surface area contributed by atoms with Crippen LogP contribution in [0.1, 0.15) is 16.0 Å². The molecule has 3 aromatic rings. The SMILES string of the molecule is O=C(Cc1c(F)cccc1Cl)NCC(O)(c1ccsc1)c1cccs1. The van der Waals surface area contributed by atoms with E-state index in [4.69, 9.17) is 11.6 Å². The standard InChI is InChI=1S/C18H15ClFNO2S2/c19-14-3-1-4-15(20)13(14)9-17(22)21-11-18(23,12-6-8-24-10-12)16-5-2-7-25-16/h1-8,10,23H,9,11H2,(H,21,22). The van der Waals surface area contributed by atoms with E-state index in [-0.39, 0.29) is 23.6 Å². The fourth-order valence-corrected chi connectivity index (χ4v) is 4.30. The molecule has 2 aromatic heterocycles. The van der Waals surface area contributed by atoms with Crippen molar-refractivity contribution >= 4 is 40.2 Å². The average Bonchev–Trinajstić information content (AvgIpc) is 3.30. The zero-order valence-electron chi connectivity index (χ0n) is 13.0. The maximum Gasteiger partial charge on any atom is 0.224 e. The molecule has 2 N–H and O–H groups in total. The Morgan fingerprint density at radius 3 is 2.72 bits per heavy atom. The highest BCUT2D eigenvalue weighted by atomic mass is 35.5. The molecule has 2 heterocycles. The second kappa shape index (κ2) is 7.66. The fourth-order valence-electron chi connectivity index (χ4n) is 2.50. The Bertz CT molecular complexity index is 796. The van der Waals surface area contributed by atoms with Crippen LogP contribution in [0.2, 0.25) is 5.02 Å². The molecule has 0 radical (unpaired) electrons. The average molecular weight is 396 g/mol. The maximum atomic E-state index is 13.8. The lowest BCUT2D eigenvalue weighted by atomic mass is 9.94. The highest BCUT2D eigenvalue weighted by Gasteiger charge is 2.33. The van der Waals surface area contributed by atoms with Crippen molar-refractivity contribution in [2.24, 2.45) is 0 Å². The molecule has 7 heteroatoms.